The molecule has 1 aromatic rings. The first-order valence-electron chi connectivity index (χ1n) is 29.0. The number of carbonyl (C=O) groups is 7. The van der Waals surface area contributed by atoms with E-state index in [9.17, 15) is 34.2 Å². The molecule has 3 N–H and O–H groups in total. The fourth-order valence-corrected chi connectivity index (χ4v) is 12.1. The van der Waals surface area contributed by atoms with E-state index in [4.69, 9.17) is 33.2 Å². The number of fused-ring (bicyclic) bond motifs is 5. The summed E-state index contributed by atoms with van der Waals surface area (Å²) in [5.74, 6) is -7.34. The monoisotopic (exact) mass is 1120 g/mol. The summed E-state index contributed by atoms with van der Waals surface area (Å²) in [5, 5.41) is 29.2. The molecule has 2 bridgehead atoms. The second-order valence-electron chi connectivity index (χ2n) is 24.7. The molecule has 1 amide bonds. The molecule has 1 saturated heterocycles. The Bertz CT molecular complexity index is 2500. The lowest BCUT2D eigenvalue weighted by atomic mass is 9.44. The number of aliphatic hydroxyl groups excluding tert-OH is 1. The van der Waals surface area contributed by atoms with Crippen molar-refractivity contribution >= 4 is 41.7 Å². The third-order valence-corrected chi connectivity index (χ3v) is 16.6. The van der Waals surface area contributed by atoms with Crippen LogP contribution in [-0.2, 0) is 57.1 Å². The molecule has 6 rings (SSSR count). The van der Waals surface area contributed by atoms with E-state index in [0.717, 1.165) is 44.9 Å². The summed E-state index contributed by atoms with van der Waals surface area (Å²) < 4.78 is 43.1. The van der Waals surface area contributed by atoms with Gasteiger partial charge in [0, 0.05) is 31.6 Å². The first-order chi connectivity index (χ1) is 37.7. The van der Waals surface area contributed by atoms with E-state index in [2.05, 4.69) is 48.7 Å². The molecule has 0 spiro atoms. The van der Waals surface area contributed by atoms with Crippen molar-refractivity contribution in [3.8, 4) is 0 Å². The number of nitrogens with one attached hydrogen (secondary N) is 1. The number of esters is 5. The van der Waals surface area contributed by atoms with Crippen LogP contribution in [-0.4, -0.2) is 118 Å². The largest absolute Gasteiger partial charge is 0.455 e. The number of allylic oxidation sites excluding steroid dienone is 6. The van der Waals surface area contributed by atoms with Crippen molar-refractivity contribution in [3.63, 3.8) is 0 Å². The summed E-state index contributed by atoms with van der Waals surface area (Å²) >= 11 is 0. The van der Waals surface area contributed by atoms with Crippen LogP contribution >= 0.6 is 0 Å². The number of Topliss-reactive ketones (excluding diaryl/α,β-unsaturated/α-hetero) is 1. The number of ether oxygens (including phenoxy) is 7. The number of rotatable bonds is 25. The van der Waals surface area contributed by atoms with Gasteiger partial charge in [-0.3, -0.25) is 19.2 Å². The summed E-state index contributed by atoms with van der Waals surface area (Å²) in [4.78, 5) is 101. The number of unbranched alkanes of at least 4 members (excludes halogenated alkanes) is 5. The van der Waals surface area contributed by atoms with Crippen LogP contribution in [0.2, 0.25) is 0 Å². The number of carbonyl (C=O) groups excluding carboxylic acids is 7. The fraction of sp³-hybridized carbons (Fsp3) is 0.667. The van der Waals surface area contributed by atoms with Gasteiger partial charge < -0.3 is 48.7 Å². The highest BCUT2D eigenvalue weighted by Gasteiger charge is 2.78. The lowest BCUT2D eigenvalue weighted by molar-refractivity contribution is -0.346. The Morgan fingerprint density at radius 2 is 1.51 bits per heavy atom. The molecule has 11 atom stereocenters. The molecule has 1 aliphatic heterocycles. The van der Waals surface area contributed by atoms with Gasteiger partial charge in [0.25, 0.3) is 0 Å². The number of hydrogen-bond donors (Lipinski definition) is 3. The van der Waals surface area contributed by atoms with Crippen molar-refractivity contribution in [2.75, 3.05) is 6.61 Å². The van der Waals surface area contributed by atoms with E-state index in [1.165, 1.54) is 26.0 Å². The first-order valence-corrected chi connectivity index (χ1v) is 29.0. The zero-order valence-corrected chi connectivity index (χ0v) is 49.0. The van der Waals surface area contributed by atoms with Gasteiger partial charge in [0.2, 0.25) is 6.10 Å². The highest BCUT2D eigenvalue weighted by Crippen LogP contribution is 2.64. The zero-order valence-electron chi connectivity index (χ0n) is 49.0. The van der Waals surface area contributed by atoms with E-state index in [1.807, 2.05) is 13.8 Å². The quantitative estimate of drug-likeness (QED) is 0.0357. The minimum atomic E-state index is -2.42. The summed E-state index contributed by atoms with van der Waals surface area (Å²) in [6.45, 7) is 18.0. The summed E-state index contributed by atoms with van der Waals surface area (Å²) in [6, 6.07) is 6.73. The topological polar surface area (TPSA) is 237 Å². The summed E-state index contributed by atoms with van der Waals surface area (Å²) in [6.07, 6.45) is 10.6. The van der Waals surface area contributed by atoms with Crippen molar-refractivity contribution in [3.05, 3.63) is 83.5 Å². The van der Waals surface area contributed by atoms with Crippen molar-refractivity contribution in [2.45, 2.75) is 232 Å². The van der Waals surface area contributed by atoms with Gasteiger partial charge in [-0.2, -0.15) is 0 Å². The van der Waals surface area contributed by atoms with Crippen LogP contribution in [0.15, 0.2) is 77.9 Å². The van der Waals surface area contributed by atoms with Gasteiger partial charge in [-0.1, -0.05) is 109 Å². The van der Waals surface area contributed by atoms with Crippen LogP contribution in [0.4, 0.5) is 4.79 Å². The van der Waals surface area contributed by atoms with Gasteiger partial charge in [-0.05, 0) is 122 Å². The highest BCUT2D eigenvalue weighted by atomic mass is 16.6. The van der Waals surface area contributed by atoms with E-state index in [1.54, 1.807) is 59.7 Å². The lowest BCUT2D eigenvalue weighted by Crippen LogP contribution is -2.82. The maximum atomic E-state index is 16.0. The molecule has 2 unspecified atom stereocenters. The number of aliphatic hydroxyl groups is 2. The first kappa shape index (κ1) is 63.5. The van der Waals surface area contributed by atoms with Crippen LogP contribution in [0.25, 0.3) is 0 Å². The molecule has 0 aromatic heterocycles. The van der Waals surface area contributed by atoms with Gasteiger partial charge in [0.05, 0.1) is 41.6 Å². The fourth-order valence-electron chi connectivity index (χ4n) is 12.1. The smallest absolute Gasteiger partial charge is 0.408 e. The molecular formula is C63H89NO16. The van der Waals surface area contributed by atoms with E-state index < -0.39 is 130 Å². The molecule has 3 saturated carbocycles. The van der Waals surface area contributed by atoms with Crippen LogP contribution in [0.3, 0.4) is 0 Å². The predicted octanol–water partition coefficient (Wildman–Crippen LogP) is 10.0. The maximum absolute atomic E-state index is 16.0. The van der Waals surface area contributed by atoms with Crippen molar-refractivity contribution < 1.29 is 76.9 Å². The average Bonchev–Trinajstić information content (AvgIpc) is 4.32. The Hall–Kier alpha value is -5.65. The van der Waals surface area contributed by atoms with Crippen LogP contribution in [0.5, 0.6) is 0 Å². The Balaban J connectivity index is 1.37. The lowest BCUT2D eigenvalue weighted by Gasteiger charge is -2.67. The molecule has 442 valence electrons. The number of ketones is 1. The molecule has 1 aromatic carbocycles. The minimum Gasteiger partial charge on any atom is -0.455 e. The SMILES string of the molecule is CCC/C=C\C/C=C\C/C=C\CCCCCCC(=O)O[C@@H](C(=O)O[C@H]1C[C@@]2(O)C(OC(=O)c3ccccc3)C3[C@](C)(C(=O)[C@H](OC(=O)C4CC4)C(=C1C)C2(C)C)[C@@H](O)C[C@H]1OC[C@@]31OC(C)=O)[C@H](CC(C)C)NC(=O)OC(C)(C)C. The van der Waals surface area contributed by atoms with Crippen molar-refractivity contribution in [1.82, 2.24) is 5.32 Å². The highest BCUT2D eigenvalue weighted by molar-refractivity contribution is 5.96. The van der Waals surface area contributed by atoms with Gasteiger partial charge in [0.15, 0.2) is 17.5 Å². The molecule has 4 fully saturated rings. The number of alkyl carbamates (subject to hydrolysis) is 1. The van der Waals surface area contributed by atoms with Gasteiger partial charge in [-0.25, -0.2) is 14.4 Å². The molecule has 5 aliphatic rings. The molecule has 4 aliphatic carbocycles. The summed E-state index contributed by atoms with van der Waals surface area (Å²) in [7, 11) is 0. The molecule has 1 heterocycles. The minimum absolute atomic E-state index is 0.0292. The second-order valence-corrected chi connectivity index (χ2v) is 24.7. The third-order valence-electron chi connectivity index (χ3n) is 16.6. The Morgan fingerprint density at radius 3 is 2.10 bits per heavy atom. The van der Waals surface area contributed by atoms with Crippen molar-refractivity contribution in [1.29, 1.82) is 0 Å². The molecule has 17 heteroatoms. The molecule has 17 nitrogen and oxygen atoms in total. The standard InChI is InChI=1S/C63H89NO16/c1-12-13-14-15-16-17-18-19-20-21-22-23-24-25-29-32-48(67)76-50(44(35-39(2)3)64-58(72)80-59(6,7)8)57(71)75-45-37-63(73)54(78-56(70)42-30-27-26-28-31-42)52-61(11,46(66)36-47-62(52,38-74-47)79-41(5)65)53(68)51(77-55(69)43-33-34-43)49(40(45)4)60(63,9)10/h14-15,17-18,20-21,26-28,30-31,39,43-47,50-52,54,66,73H,12-13,16,19,22-25,29,32-38H2,1-11H3,(H,64,72)/b15-14-,18-17-,21-20-/t44-,45-,46-,47+,50+,51+,52?,54?,61+,62-,63+/m0/s1. The van der Waals surface area contributed by atoms with Gasteiger partial charge >= 0.3 is 35.9 Å². The van der Waals surface area contributed by atoms with Crippen LogP contribution < -0.4 is 5.32 Å². The number of amides is 1. The van der Waals surface area contributed by atoms with E-state index >= 15 is 9.59 Å². The van der Waals surface area contributed by atoms with E-state index in [0.29, 0.717) is 25.7 Å². The van der Waals surface area contributed by atoms with Crippen LogP contribution in [0.1, 0.15) is 183 Å². The maximum Gasteiger partial charge on any atom is 0.408 e. The number of hydrogen-bond acceptors (Lipinski definition) is 16. The Labute approximate surface area is 473 Å². The summed E-state index contributed by atoms with van der Waals surface area (Å²) in [5.41, 5.74) is -8.62. The zero-order chi connectivity index (χ0) is 58.8. The predicted molar refractivity (Wildman–Crippen MR) is 297 cm³/mol. The molecule has 0 radical (unpaired) electrons. The van der Waals surface area contributed by atoms with Crippen LogP contribution in [0, 0.1) is 28.6 Å². The molecular weight excluding hydrogens is 1030 g/mol. The van der Waals surface area contributed by atoms with E-state index in [-0.39, 0.29) is 48.5 Å². The number of benzene rings is 1. The average molecular weight is 1120 g/mol. The van der Waals surface area contributed by atoms with Gasteiger partial charge in [-0.15, -0.1) is 0 Å². The normalized spacial score (nSPS) is 28.9. The Kier molecular flexibility index (Phi) is 21.4. The Morgan fingerprint density at radius 1 is 0.875 bits per heavy atom. The molecule has 80 heavy (non-hydrogen) atoms. The van der Waals surface area contributed by atoms with Gasteiger partial charge in [0.1, 0.15) is 29.5 Å². The second kappa shape index (κ2) is 27.0. The third kappa shape index (κ3) is 14.7. The van der Waals surface area contributed by atoms with Crippen molar-refractivity contribution in [2.24, 2.45) is 28.6 Å².